The van der Waals surface area contributed by atoms with Crippen molar-refractivity contribution in [2.45, 2.75) is 51.1 Å². The van der Waals surface area contributed by atoms with Crippen molar-refractivity contribution >= 4 is 16.9 Å². The van der Waals surface area contributed by atoms with Crippen LogP contribution in [0.4, 0.5) is 4.39 Å². The van der Waals surface area contributed by atoms with E-state index in [9.17, 15) is 14.3 Å². The van der Waals surface area contributed by atoms with Gasteiger partial charge in [0.25, 0.3) is 0 Å². The largest absolute Gasteiger partial charge is 0.453 e. The number of hydrogen-bond acceptors (Lipinski definition) is 5. The normalized spacial score (nSPS) is 19.6. The lowest BCUT2D eigenvalue weighted by atomic mass is 9.85. The van der Waals surface area contributed by atoms with Crippen LogP contribution in [0.15, 0.2) is 36.7 Å². The number of benzene rings is 1. The molecule has 7 nitrogen and oxygen atoms in total. The van der Waals surface area contributed by atoms with Crippen molar-refractivity contribution in [3.05, 3.63) is 53.6 Å². The summed E-state index contributed by atoms with van der Waals surface area (Å²) in [5.74, 6) is -0.133. The second-order valence-corrected chi connectivity index (χ2v) is 8.52. The molecule has 2 unspecified atom stereocenters. The Balaban J connectivity index is 1.41. The van der Waals surface area contributed by atoms with Gasteiger partial charge in [-0.25, -0.2) is 9.37 Å². The predicted octanol–water partition coefficient (Wildman–Crippen LogP) is 3.34. The molecule has 5 N–H and O–H groups in total. The third-order valence-corrected chi connectivity index (χ3v) is 6.21. The standard InChI is InChI=1S/C24H29FN4O3/c1-14-12-28-23-22(14)21(8-9-27-23)32-20-7-6-15(10-17(20)25)11-18(26)24(31)29-19-5-3-2-4-16(19)13-30/h6-10,12,16,18-19,30H,2-5,11,13,26H2,1H3,(H,27,28)(H,29,31)/t16?,18-,19?/m0/s1. The average molecular weight is 441 g/mol. The number of aliphatic hydroxyl groups is 1. The molecule has 1 aliphatic carbocycles. The Kier molecular flexibility index (Phi) is 6.72. The van der Waals surface area contributed by atoms with Crippen LogP contribution in [0, 0.1) is 18.7 Å². The average Bonchev–Trinajstić information content (AvgIpc) is 3.17. The number of rotatable bonds is 7. The number of nitrogens with two attached hydrogens (primary N) is 1. The number of pyridine rings is 1. The second kappa shape index (κ2) is 9.67. The molecular weight excluding hydrogens is 411 g/mol. The number of carbonyl (C=O) groups excluding carboxylic acids is 1. The van der Waals surface area contributed by atoms with Crippen LogP contribution in [-0.2, 0) is 11.2 Å². The van der Waals surface area contributed by atoms with Gasteiger partial charge in [0.2, 0.25) is 5.91 Å². The SMILES string of the molecule is Cc1c[nH]c2nccc(Oc3ccc(C[C@H](N)C(=O)NC4CCCCC4CO)cc3F)c12. The maximum Gasteiger partial charge on any atom is 0.237 e. The molecule has 0 bridgehead atoms. The third-order valence-electron chi connectivity index (χ3n) is 6.21. The number of carbonyl (C=O) groups is 1. The monoisotopic (exact) mass is 440 g/mol. The lowest BCUT2D eigenvalue weighted by Gasteiger charge is -2.31. The highest BCUT2D eigenvalue weighted by Crippen LogP contribution is 2.32. The number of ether oxygens (including phenoxy) is 1. The summed E-state index contributed by atoms with van der Waals surface area (Å²) < 4.78 is 20.6. The number of nitrogens with one attached hydrogen (secondary N) is 2. The van der Waals surface area contributed by atoms with E-state index in [0.29, 0.717) is 17.0 Å². The van der Waals surface area contributed by atoms with E-state index in [1.165, 1.54) is 6.07 Å². The van der Waals surface area contributed by atoms with E-state index in [1.807, 2.05) is 13.1 Å². The van der Waals surface area contributed by atoms with Gasteiger partial charge in [-0.1, -0.05) is 18.9 Å². The molecule has 1 aromatic carbocycles. The van der Waals surface area contributed by atoms with Crippen molar-refractivity contribution in [3.63, 3.8) is 0 Å². The molecule has 0 radical (unpaired) electrons. The van der Waals surface area contributed by atoms with E-state index in [2.05, 4.69) is 15.3 Å². The van der Waals surface area contributed by atoms with Gasteiger partial charge in [0.1, 0.15) is 11.4 Å². The van der Waals surface area contributed by atoms with Gasteiger partial charge in [0, 0.05) is 31.0 Å². The summed E-state index contributed by atoms with van der Waals surface area (Å²) in [5, 5.41) is 13.3. The Morgan fingerprint density at radius 3 is 2.94 bits per heavy atom. The molecule has 2 heterocycles. The van der Waals surface area contributed by atoms with Gasteiger partial charge in [-0.05, 0) is 55.5 Å². The second-order valence-electron chi connectivity index (χ2n) is 8.52. The summed E-state index contributed by atoms with van der Waals surface area (Å²) in [4.78, 5) is 19.9. The summed E-state index contributed by atoms with van der Waals surface area (Å²) in [5.41, 5.74) is 8.34. The molecule has 170 valence electrons. The molecule has 3 atom stereocenters. The zero-order valence-electron chi connectivity index (χ0n) is 18.1. The Hall–Kier alpha value is -2.97. The van der Waals surface area contributed by atoms with Crippen molar-refractivity contribution in [2.75, 3.05) is 6.61 Å². The van der Waals surface area contributed by atoms with E-state index in [1.54, 1.807) is 24.4 Å². The lowest BCUT2D eigenvalue weighted by molar-refractivity contribution is -0.123. The molecule has 3 aromatic rings. The van der Waals surface area contributed by atoms with E-state index < -0.39 is 11.9 Å². The van der Waals surface area contributed by atoms with Gasteiger partial charge >= 0.3 is 0 Å². The first-order valence-corrected chi connectivity index (χ1v) is 11.0. The molecule has 4 rings (SSSR count). The summed E-state index contributed by atoms with van der Waals surface area (Å²) in [6.45, 7) is 1.98. The summed E-state index contributed by atoms with van der Waals surface area (Å²) in [6, 6.07) is 5.44. The van der Waals surface area contributed by atoms with E-state index in [0.717, 1.165) is 36.6 Å². The molecule has 0 spiro atoms. The maximum atomic E-state index is 14.8. The van der Waals surface area contributed by atoms with Crippen molar-refractivity contribution < 1.29 is 19.0 Å². The van der Waals surface area contributed by atoms with Crippen LogP contribution in [0.25, 0.3) is 11.0 Å². The number of amides is 1. The first-order chi connectivity index (χ1) is 15.5. The maximum absolute atomic E-state index is 14.8. The lowest BCUT2D eigenvalue weighted by Crippen LogP contribution is -2.50. The third kappa shape index (κ3) is 4.76. The quantitative estimate of drug-likeness (QED) is 0.450. The van der Waals surface area contributed by atoms with Gasteiger partial charge in [0.15, 0.2) is 11.6 Å². The van der Waals surface area contributed by atoms with Crippen LogP contribution in [-0.4, -0.2) is 39.7 Å². The number of aliphatic hydroxyl groups excluding tert-OH is 1. The molecule has 1 fully saturated rings. The van der Waals surface area contributed by atoms with E-state index in [4.69, 9.17) is 10.5 Å². The van der Waals surface area contributed by atoms with Crippen LogP contribution < -0.4 is 15.8 Å². The van der Waals surface area contributed by atoms with Gasteiger partial charge in [-0.15, -0.1) is 0 Å². The first kappa shape index (κ1) is 22.2. The Bertz CT molecular complexity index is 1100. The minimum atomic E-state index is -0.801. The molecule has 2 aromatic heterocycles. The van der Waals surface area contributed by atoms with Gasteiger partial charge in [-0.2, -0.15) is 0 Å². The Labute approximate surface area is 186 Å². The first-order valence-electron chi connectivity index (χ1n) is 11.0. The van der Waals surface area contributed by atoms with Crippen LogP contribution in [0.3, 0.4) is 0 Å². The summed E-state index contributed by atoms with van der Waals surface area (Å²) >= 11 is 0. The van der Waals surface area contributed by atoms with Crippen molar-refractivity contribution in [2.24, 2.45) is 11.7 Å². The highest BCUT2D eigenvalue weighted by Gasteiger charge is 2.27. The Morgan fingerprint density at radius 1 is 1.34 bits per heavy atom. The molecule has 0 aliphatic heterocycles. The fourth-order valence-electron chi connectivity index (χ4n) is 4.39. The molecule has 1 aliphatic rings. The minimum Gasteiger partial charge on any atom is -0.453 e. The minimum absolute atomic E-state index is 0.0545. The number of aromatic nitrogens is 2. The van der Waals surface area contributed by atoms with Gasteiger partial charge < -0.3 is 25.9 Å². The van der Waals surface area contributed by atoms with Crippen LogP contribution >= 0.6 is 0 Å². The van der Waals surface area contributed by atoms with E-state index in [-0.39, 0.29) is 36.6 Å². The molecule has 8 heteroatoms. The molecule has 32 heavy (non-hydrogen) atoms. The number of nitrogens with zero attached hydrogens (tertiary/aromatic N) is 1. The Morgan fingerprint density at radius 2 is 2.16 bits per heavy atom. The number of aromatic amines is 1. The number of hydrogen-bond donors (Lipinski definition) is 4. The van der Waals surface area contributed by atoms with Crippen molar-refractivity contribution in [1.82, 2.24) is 15.3 Å². The fraction of sp³-hybridized carbons (Fsp3) is 0.417. The molecule has 1 saturated carbocycles. The number of H-pyrrole nitrogens is 1. The fourth-order valence-corrected chi connectivity index (χ4v) is 4.39. The smallest absolute Gasteiger partial charge is 0.237 e. The van der Waals surface area contributed by atoms with Crippen molar-refractivity contribution in [3.8, 4) is 11.5 Å². The molecule has 0 saturated heterocycles. The molecular formula is C24H29FN4O3. The highest BCUT2D eigenvalue weighted by atomic mass is 19.1. The summed E-state index contributed by atoms with van der Waals surface area (Å²) in [6.07, 6.45) is 7.46. The summed E-state index contributed by atoms with van der Waals surface area (Å²) in [7, 11) is 0. The van der Waals surface area contributed by atoms with Crippen molar-refractivity contribution in [1.29, 1.82) is 0 Å². The topological polar surface area (TPSA) is 113 Å². The highest BCUT2D eigenvalue weighted by molar-refractivity contribution is 5.86. The van der Waals surface area contributed by atoms with Gasteiger partial charge in [0.05, 0.1) is 11.4 Å². The predicted molar refractivity (Wildman–Crippen MR) is 120 cm³/mol. The van der Waals surface area contributed by atoms with Crippen LogP contribution in [0.1, 0.15) is 36.8 Å². The van der Waals surface area contributed by atoms with Crippen LogP contribution in [0.2, 0.25) is 0 Å². The zero-order chi connectivity index (χ0) is 22.7. The number of halogens is 1. The number of aryl methyl sites for hydroxylation is 1. The number of fused-ring (bicyclic) bond motifs is 1. The molecule has 1 amide bonds. The zero-order valence-corrected chi connectivity index (χ0v) is 18.1. The van der Waals surface area contributed by atoms with Crippen LogP contribution in [0.5, 0.6) is 11.5 Å². The van der Waals surface area contributed by atoms with Gasteiger partial charge in [-0.3, -0.25) is 4.79 Å². The van der Waals surface area contributed by atoms with E-state index >= 15 is 0 Å².